The Morgan fingerprint density at radius 3 is 2.77 bits per heavy atom. The number of ether oxygens (including phenoxy) is 1. The number of nitrogens with two attached hydrogens (primary N) is 1. The first kappa shape index (κ1) is 23.6. The molecule has 1 fully saturated rings. The van der Waals surface area contributed by atoms with E-state index in [1.54, 1.807) is 6.07 Å². The van der Waals surface area contributed by atoms with Gasteiger partial charge in [-0.3, -0.25) is 4.99 Å². The first-order valence-corrected chi connectivity index (χ1v) is 11.0. The summed E-state index contributed by atoms with van der Waals surface area (Å²) >= 11 is 1.31. The number of hydrogen-bond acceptors (Lipinski definition) is 5. The normalized spacial score (nSPS) is 18.1. The summed E-state index contributed by atoms with van der Waals surface area (Å²) in [5.41, 5.74) is 5.85. The number of nitrogens with zero attached hydrogens (tertiary/aromatic N) is 2. The molecule has 1 unspecified atom stereocenters. The minimum Gasteiger partial charge on any atom is -0.376 e. The molecule has 1 aromatic rings. The fraction of sp³-hybridized carbons (Fsp3) is 0.688. The minimum atomic E-state index is -3.37. The van der Waals surface area contributed by atoms with E-state index in [-0.39, 0.29) is 30.1 Å². The highest BCUT2D eigenvalue weighted by Gasteiger charge is 2.23. The Morgan fingerprint density at radius 2 is 2.15 bits per heavy atom. The predicted octanol–water partition coefficient (Wildman–Crippen LogP) is 2.02. The maximum Gasteiger partial charge on any atom is 0.252 e. The zero-order valence-electron chi connectivity index (χ0n) is 15.3. The zero-order chi connectivity index (χ0) is 18.3. The van der Waals surface area contributed by atoms with Crippen molar-refractivity contribution in [3.05, 3.63) is 17.0 Å². The van der Waals surface area contributed by atoms with Crippen molar-refractivity contribution in [2.24, 2.45) is 10.7 Å². The van der Waals surface area contributed by atoms with Crippen LogP contribution in [0.2, 0.25) is 0 Å². The van der Waals surface area contributed by atoms with E-state index < -0.39 is 10.0 Å². The number of aliphatic imine (C=N–C) groups is 1. The first-order valence-electron chi connectivity index (χ1n) is 8.71. The SMILES string of the molecule is CCN(CC)S(=O)(=O)c1ccc(CCNC(N)=NCC2CCCO2)s1.I. The van der Waals surface area contributed by atoms with Crippen LogP contribution in [0.1, 0.15) is 31.6 Å². The minimum absolute atomic E-state index is 0. The van der Waals surface area contributed by atoms with Gasteiger partial charge in [-0.25, -0.2) is 8.42 Å². The van der Waals surface area contributed by atoms with Crippen LogP contribution in [0.25, 0.3) is 0 Å². The summed E-state index contributed by atoms with van der Waals surface area (Å²) in [5, 5.41) is 3.07. The fourth-order valence-electron chi connectivity index (χ4n) is 2.68. The molecule has 7 nitrogen and oxygen atoms in total. The average Bonchev–Trinajstić information content (AvgIpc) is 3.26. The van der Waals surface area contributed by atoms with Crippen molar-refractivity contribution in [1.29, 1.82) is 0 Å². The van der Waals surface area contributed by atoms with E-state index in [9.17, 15) is 8.42 Å². The molecule has 0 spiro atoms. The van der Waals surface area contributed by atoms with Crippen molar-refractivity contribution in [1.82, 2.24) is 9.62 Å². The average molecular weight is 516 g/mol. The third-order valence-electron chi connectivity index (χ3n) is 4.10. The Balaban J connectivity index is 0.00000338. The molecule has 2 rings (SSSR count). The molecular weight excluding hydrogens is 487 g/mol. The summed E-state index contributed by atoms with van der Waals surface area (Å²) in [7, 11) is -3.37. The summed E-state index contributed by atoms with van der Waals surface area (Å²) in [6.07, 6.45) is 3.01. The van der Waals surface area contributed by atoms with Crippen LogP contribution in [0, 0.1) is 0 Å². The lowest BCUT2D eigenvalue weighted by Crippen LogP contribution is -2.34. The van der Waals surface area contributed by atoms with E-state index in [1.165, 1.54) is 15.6 Å². The van der Waals surface area contributed by atoms with E-state index in [0.29, 0.717) is 42.8 Å². The Labute approximate surface area is 177 Å². The third kappa shape index (κ3) is 6.63. The maximum absolute atomic E-state index is 12.5. The van der Waals surface area contributed by atoms with Gasteiger partial charge >= 0.3 is 0 Å². The van der Waals surface area contributed by atoms with Crippen molar-refractivity contribution in [2.45, 2.75) is 43.4 Å². The quantitative estimate of drug-likeness (QED) is 0.298. The van der Waals surface area contributed by atoms with Crippen LogP contribution in [0.4, 0.5) is 0 Å². The molecule has 2 heterocycles. The molecule has 3 N–H and O–H groups in total. The van der Waals surface area contributed by atoms with Crippen molar-refractivity contribution < 1.29 is 13.2 Å². The molecule has 26 heavy (non-hydrogen) atoms. The second kappa shape index (κ2) is 11.4. The van der Waals surface area contributed by atoms with Gasteiger partial charge in [0, 0.05) is 31.1 Å². The van der Waals surface area contributed by atoms with Crippen LogP contribution in [0.5, 0.6) is 0 Å². The van der Waals surface area contributed by atoms with Gasteiger partial charge in [-0.1, -0.05) is 13.8 Å². The van der Waals surface area contributed by atoms with E-state index in [4.69, 9.17) is 10.5 Å². The Bertz CT molecular complexity index is 669. The molecular formula is C16H29IN4O3S2. The lowest BCUT2D eigenvalue weighted by Gasteiger charge is -2.16. The molecule has 0 bridgehead atoms. The topological polar surface area (TPSA) is 97.0 Å². The van der Waals surface area contributed by atoms with Crippen LogP contribution in [-0.2, 0) is 21.2 Å². The third-order valence-corrected chi connectivity index (χ3v) is 7.77. The van der Waals surface area contributed by atoms with Gasteiger partial charge in [0.15, 0.2) is 5.96 Å². The lowest BCUT2D eigenvalue weighted by atomic mass is 10.2. The number of sulfonamides is 1. The van der Waals surface area contributed by atoms with Gasteiger partial charge in [0.1, 0.15) is 4.21 Å². The summed E-state index contributed by atoms with van der Waals surface area (Å²) < 4.78 is 32.3. The summed E-state index contributed by atoms with van der Waals surface area (Å²) in [6, 6.07) is 3.55. The second-order valence-electron chi connectivity index (χ2n) is 5.85. The standard InChI is InChI=1S/C16H28N4O3S2.HI/c1-3-20(4-2)25(21,22)15-8-7-14(24-15)9-10-18-16(17)19-12-13-6-5-11-23-13;/h7-8,13H,3-6,9-12H2,1-2H3,(H3,17,18,19);1H. The molecule has 0 amide bonds. The summed E-state index contributed by atoms with van der Waals surface area (Å²) in [4.78, 5) is 5.29. The molecule has 0 aliphatic carbocycles. The van der Waals surface area contributed by atoms with Crippen molar-refractivity contribution in [2.75, 3.05) is 32.8 Å². The molecule has 150 valence electrons. The van der Waals surface area contributed by atoms with Gasteiger partial charge in [-0.2, -0.15) is 4.31 Å². The predicted molar refractivity (Wildman–Crippen MR) is 117 cm³/mol. The van der Waals surface area contributed by atoms with E-state index in [2.05, 4.69) is 10.3 Å². The van der Waals surface area contributed by atoms with Crippen LogP contribution in [0.15, 0.2) is 21.3 Å². The maximum atomic E-state index is 12.5. The molecule has 10 heteroatoms. The Kier molecular flexibility index (Phi) is 10.4. The highest BCUT2D eigenvalue weighted by molar-refractivity contribution is 14.0. The van der Waals surface area contributed by atoms with Crippen LogP contribution >= 0.6 is 35.3 Å². The van der Waals surface area contributed by atoms with Crippen molar-refractivity contribution in [3.8, 4) is 0 Å². The van der Waals surface area contributed by atoms with Crippen LogP contribution in [0.3, 0.4) is 0 Å². The number of rotatable bonds is 9. The number of hydrogen-bond donors (Lipinski definition) is 2. The molecule has 0 saturated carbocycles. The number of thiophene rings is 1. The first-order chi connectivity index (χ1) is 12.0. The lowest BCUT2D eigenvalue weighted by molar-refractivity contribution is 0.118. The number of guanidine groups is 1. The van der Waals surface area contributed by atoms with Gasteiger partial charge in [0.05, 0.1) is 12.6 Å². The van der Waals surface area contributed by atoms with E-state index in [1.807, 2.05) is 19.9 Å². The molecule has 0 radical (unpaired) electrons. The highest BCUT2D eigenvalue weighted by atomic mass is 127. The van der Waals surface area contributed by atoms with Gasteiger partial charge < -0.3 is 15.8 Å². The summed E-state index contributed by atoms with van der Waals surface area (Å²) in [5.74, 6) is 0.406. The molecule has 1 saturated heterocycles. The molecule has 0 aromatic carbocycles. The number of nitrogens with one attached hydrogen (secondary N) is 1. The summed E-state index contributed by atoms with van der Waals surface area (Å²) in [6.45, 7) is 6.66. The van der Waals surface area contributed by atoms with Gasteiger partial charge in [0.25, 0.3) is 10.0 Å². The number of halogens is 1. The van der Waals surface area contributed by atoms with E-state index >= 15 is 0 Å². The second-order valence-corrected chi connectivity index (χ2v) is 9.18. The Morgan fingerprint density at radius 1 is 1.42 bits per heavy atom. The van der Waals surface area contributed by atoms with Gasteiger partial charge in [0.2, 0.25) is 0 Å². The smallest absolute Gasteiger partial charge is 0.252 e. The largest absolute Gasteiger partial charge is 0.376 e. The monoisotopic (exact) mass is 516 g/mol. The van der Waals surface area contributed by atoms with Crippen molar-refractivity contribution >= 4 is 51.3 Å². The van der Waals surface area contributed by atoms with Crippen LogP contribution in [-0.4, -0.2) is 57.6 Å². The molecule has 1 aliphatic rings. The van der Waals surface area contributed by atoms with Gasteiger partial charge in [-0.15, -0.1) is 35.3 Å². The molecule has 1 aromatic heterocycles. The van der Waals surface area contributed by atoms with Gasteiger partial charge in [-0.05, 0) is 31.4 Å². The van der Waals surface area contributed by atoms with Crippen molar-refractivity contribution in [3.63, 3.8) is 0 Å². The molecule has 1 atom stereocenters. The highest BCUT2D eigenvalue weighted by Crippen LogP contribution is 2.25. The molecule has 1 aliphatic heterocycles. The van der Waals surface area contributed by atoms with E-state index in [0.717, 1.165) is 24.3 Å². The zero-order valence-corrected chi connectivity index (χ0v) is 19.3. The van der Waals surface area contributed by atoms with Crippen LogP contribution < -0.4 is 11.1 Å². The fourth-order valence-corrected chi connectivity index (χ4v) is 5.65. The Hall–Kier alpha value is -0.430.